The van der Waals surface area contributed by atoms with E-state index in [-0.39, 0.29) is 5.04 Å². The number of rotatable bonds is 6. The summed E-state index contributed by atoms with van der Waals surface area (Å²) in [7, 11) is -1.63. The molecule has 1 saturated heterocycles. The molecule has 0 saturated carbocycles. The zero-order valence-electron chi connectivity index (χ0n) is 14.4. The van der Waals surface area contributed by atoms with Crippen molar-refractivity contribution in [3.8, 4) is 0 Å². The summed E-state index contributed by atoms with van der Waals surface area (Å²) in [5, 5.41) is 0.269. The van der Waals surface area contributed by atoms with Gasteiger partial charge >= 0.3 is 0 Å². The average molecular weight is 433 g/mol. The Morgan fingerprint density at radius 1 is 1.14 bits per heavy atom. The fraction of sp³-hybridized carbons (Fsp3) is 0.647. The highest BCUT2D eigenvalue weighted by Gasteiger charge is 2.37. The van der Waals surface area contributed by atoms with E-state index in [2.05, 4.69) is 85.6 Å². The first-order valence-electron chi connectivity index (χ1n) is 7.95. The summed E-state index contributed by atoms with van der Waals surface area (Å²) in [4.78, 5) is 2.36. The number of hydrogen-bond donors (Lipinski definition) is 0. The normalized spacial score (nSPS) is 16.7. The maximum atomic E-state index is 6.14. The van der Waals surface area contributed by atoms with Gasteiger partial charge in [-0.05, 0) is 65.0 Å². The number of nitrogens with zero attached hydrogens (tertiary/aromatic N) is 1. The molecule has 1 aromatic rings. The predicted molar refractivity (Wildman–Crippen MR) is 104 cm³/mol. The second kappa shape index (κ2) is 7.19. The van der Waals surface area contributed by atoms with Crippen LogP contribution in [-0.2, 0) is 9.16 Å². The van der Waals surface area contributed by atoms with Gasteiger partial charge in [-0.1, -0.05) is 20.8 Å². The van der Waals surface area contributed by atoms with Crippen molar-refractivity contribution < 1.29 is 9.16 Å². The summed E-state index contributed by atoms with van der Waals surface area (Å²) in [6.07, 6.45) is 0.349. The van der Waals surface area contributed by atoms with Crippen LogP contribution in [0.15, 0.2) is 24.3 Å². The van der Waals surface area contributed by atoms with E-state index in [0.29, 0.717) is 12.7 Å². The lowest BCUT2D eigenvalue weighted by atomic mass is 10.1. The van der Waals surface area contributed by atoms with Crippen LogP contribution in [0.1, 0.15) is 20.8 Å². The van der Waals surface area contributed by atoms with Crippen LogP contribution in [0.25, 0.3) is 0 Å². The van der Waals surface area contributed by atoms with Crippen LogP contribution in [-0.4, -0.2) is 40.7 Å². The number of hydrogen-bond acceptors (Lipinski definition) is 3. The lowest BCUT2D eigenvalue weighted by Crippen LogP contribution is -2.52. The molecule has 0 radical (unpaired) electrons. The largest absolute Gasteiger partial charge is 0.414 e. The van der Waals surface area contributed by atoms with E-state index >= 15 is 0 Å². The average Bonchev–Trinajstić information content (AvgIpc) is 2.36. The summed E-state index contributed by atoms with van der Waals surface area (Å²) >= 11 is 2.33. The number of ether oxygens (including phenoxy) is 1. The van der Waals surface area contributed by atoms with E-state index in [4.69, 9.17) is 9.16 Å². The molecule has 22 heavy (non-hydrogen) atoms. The maximum absolute atomic E-state index is 6.14. The van der Waals surface area contributed by atoms with Gasteiger partial charge in [0.25, 0.3) is 0 Å². The Morgan fingerprint density at radius 3 is 2.27 bits per heavy atom. The summed E-state index contributed by atoms with van der Waals surface area (Å²) < 4.78 is 13.3. The first kappa shape index (κ1) is 18.2. The molecule has 0 atom stereocenters. The molecule has 1 aliphatic rings. The van der Waals surface area contributed by atoms with E-state index in [0.717, 1.165) is 19.7 Å². The minimum absolute atomic E-state index is 0.269. The van der Waals surface area contributed by atoms with Gasteiger partial charge in [-0.2, -0.15) is 0 Å². The van der Waals surface area contributed by atoms with Gasteiger partial charge in [0.15, 0.2) is 8.32 Å². The van der Waals surface area contributed by atoms with E-state index < -0.39 is 8.32 Å². The fourth-order valence-electron chi connectivity index (χ4n) is 2.13. The quantitative estimate of drug-likeness (QED) is 0.374. The molecule has 0 amide bonds. The molecule has 1 fully saturated rings. The summed E-state index contributed by atoms with van der Waals surface area (Å²) in [5.74, 6) is 0. The van der Waals surface area contributed by atoms with Crippen LogP contribution < -0.4 is 4.90 Å². The van der Waals surface area contributed by atoms with Crippen LogP contribution in [0.2, 0.25) is 18.1 Å². The van der Waals surface area contributed by atoms with Crippen molar-refractivity contribution in [3.63, 3.8) is 0 Å². The predicted octanol–water partition coefficient (Wildman–Crippen LogP) is 4.52. The Balaban J connectivity index is 1.64. The molecule has 1 aromatic carbocycles. The smallest absolute Gasteiger partial charge is 0.192 e. The lowest BCUT2D eigenvalue weighted by molar-refractivity contribution is 0.0156. The number of anilines is 1. The summed E-state index contributed by atoms with van der Waals surface area (Å²) in [6, 6.07) is 8.66. The highest BCUT2D eigenvalue weighted by molar-refractivity contribution is 14.1. The SMILES string of the molecule is CC(C)(C)[Si](C)(C)OCCOC1CN(c2ccc(I)cc2)C1. The van der Waals surface area contributed by atoms with Gasteiger partial charge in [-0.25, -0.2) is 0 Å². The molecule has 0 unspecified atom stereocenters. The van der Waals surface area contributed by atoms with Gasteiger partial charge in [-0.15, -0.1) is 0 Å². The minimum Gasteiger partial charge on any atom is -0.414 e. The van der Waals surface area contributed by atoms with Gasteiger partial charge in [0, 0.05) is 22.3 Å². The Hall–Kier alpha value is -0.113. The third kappa shape index (κ3) is 4.69. The van der Waals surface area contributed by atoms with Crippen LogP contribution in [0.3, 0.4) is 0 Å². The van der Waals surface area contributed by atoms with E-state index in [1.54, 1.807) is 0 Å². The summed E-state index contributed by atoms with van der Waals surface area (Å²) in [6.45, 7) is 14.8. The van der Waals surface area contributed by atoms with Crippen molar-refractivity contribution in [2.45, 2.75) is 45.0 Å². The highest BCUT2D eigenvalue weighted by Crippen LogP contribution is 2.36. The second-order valence-corrected chi connectivity index (χ2v) is 13.5. The Morgan fingerprint density at radius 2 is 1.73 bits per heavy atom. The van der Waals surface area contributed by atoms with Crippen molar-refractivity contribution in [1.82, 2.24) is 0 Å². The Kier molecular flexibility index (Phi) is 5.96. The van der Waals surface area contributed by atoms with Crippen LogP contribution in [0.5, 0.6) is 0 Å². The lowest BCUT2D eigenvalue weighted by Gasteiger charge is -2.41. The van der Waals surface area contributed by atoms with Crippen molar-refractivity contribution in [3.05, 3.63) is 27.8 Å². The van der Waals surface area contributed by atoms with Crippen LogP contribution in [0.4, 0.5) is 5.69 Å². The molecule has 124 valence electrons. The molecule has 0 aromatic heterocycles. The molecular formula is C17H28INO2Si. The van der Waals surface area contributed by atoms with Crippen molar-refractivity contribution >= 4 is 36.6 Å². The van der Waals surface area contributed by atoms with Crippen LogP contribution >= 0.6 is 22.6 Å². The minimum atomic E-state index is -1.63. The molecule has 0 N–H and O–H groups in total. The van der Waals surface area contributed by atoms with Gasteiger partial charge in [0.05, 0.1) is 19.3 Å². The molecular weight excluding hydrogens is 405 g/mol. The molecule has 5 heteroatoms. The third-order valence-corrected chi connectivity index (χ3v) is 10.0. The molecule has 0 aliphatic carbocycles. The van der Waals surface area contributed by atoms with E-state index in [9.17, 15) is 0 Å². The van der Waals surface area contributed by atoms with Gasteiger partial charge in [-0.3, -0.25) is 0 Å². The fourth-order valence-corrected chi connectivity index (χ4v) is 3.52. The van der Waals surface area contributed by atoms with Crippen molar-refractivity contribution in [1.29, 1.82) is 0 Å². The van der Waals surface area contributed by atoms with Gasteiger partial charge in [0.2, 0.25) is 0 Å². The van der Waals surface area contributed by atoms with Crippen molar-refractivity contribution in [2.24, 2.45) is 0 Å². The first-order chi connectivity index (χ1) is 10.2. The zero-order valence-corrected chi connectivity index (χ0v) is 17.5. The molecule has 2 rings (SSSR count). The monoisotopic (exact) mass is 433 g/mol. The maximum Gasteiger partial charge on any atom is 0.192 e. The Labute approximate surface area is 149 Å². The van der Waals surface area contributed by atoms with Gasteiger partial charge in [0.1, 0.15) is 0 Å². The van der Waals surface area contributed by atoms with Crippen LogP contribution in [0, 0.1) is 3.57 Å². The number of benzene rings is 1. The molecule has 1 heterocycles. The Bertz CT molecular complexity index is 478. The highest BCUT2D eigenvalue weighted by atomic mass is 127. The number of halogens is 1. The summed E-state index contributed by atoms with van der Waals surface area (Å²) in [5.41, 5.74) is 1.29. The van der Waals surface area contributed by atoms with Crippen molar-refractivity contribution in [2.75, 3.05) is 31.2 Å². The first-order valence-corrected chi connectivity index (χ1v) is 11.9. The molecule has 0 spiro atoms. The topological polar surface area (TPSA) is 21.7 Å². The third-order valence-electron chi connectivity index (χ3n) is 4.75. The molecule has 3 nitrogen and oxygen atoms in total. The molecule has 0 bridgehead atoms. The second-order valence-electron chi connectivity index (χ2n) is 7.48. The van der Waals surface area contributed by atoms with Gasteiger partial charge < -0.3 is 14.1 Å². The van der Waals surface area contributed by atoms with E-state index in [1.165, 1.54) is 9.26 Å². The molecule has 1 aliphatic heterocycles. The standard InChI is InChI=1S/C17H28INO2Si/c1-17(2,3)22(4,5)21-11-10-20-16-12-19(13-16)15-8-6-14(18)7-9-15/h6-9,16H,10-13H2,1-5H3. The van der Waals surface area contributed by atoms with E-state index in [1.807, 2.05) is 0 Å². The zero-order chi connectivity index (χ0) is 16.4.